The van der Waals surface area contributed by atoms with Gasteiger partial charge in [-0.2, -0.15) is 0 Å². The fraction of sp³-hybridized carbons (Fsp3) is 0.478. The van der Waals surface area contributed by atoms with Crippen LogP contribution in [0.15, 0.2) is 34.8 Å². The Morgan fingerprint density at radius 2 is 1.72 bits per heavy atom. The fourth-order valence-electron chi connectivity index (χ4n) is 4.21. The lowest BCUT2D eigenvalue weighted by molar-refractivity contribution is -0.132. The van der Waals surface area contributed by atoms with E-state index >= 15 is 0 Å². The van der Waals surface area contributed by atoms with Crippen molar-refractivity contribution >= 4 is 28.9 Å². The molecule has 2 saturated heterocycles. The summed E-state index contributed by atoms with van der Waals surface area (Å²) in [6, 6.07) is 7.92. The van der Waals surface area contributed by atoms with Gasteiger partial charge in [0.15, 0.2) is 0 Å². The van der Waals surface area contributed by atoms with Gasteiger partial charge in [0.2, 0.25) is 11.8 Å². The Labute approximate surface area is 171 Å². The summed E-state index contributed by atoms with van der Waals surface area (Å²) in [6.07, 6.45) is 6.56. The third-order valence-corrected chi connectivity index (χ3v) is 5.93. The Morgan fingerprint density at radius 1 is 1.00 bits per heavy atom. The molecule has 0 N–H and O–H groups in total. The predicted octanol–water partition coefficient (Wildman–Crippen LogP) is 2.78. The molecule has 2 fully saturated rings. The predicted molar refractivity (Wildman–Crippen MR) is 113 cm³/mol. The average molecular weight is 396 g/mol. The minimum atomic E-state index is 0.0165. The number of rotatable bonds is 5. The van der Waals surface area contributed by atoms with E-state index in [2.05, 4.69) is 11.8 Å². The first kappa shape index (κ1) is 19.7. The molecule has 0 unspecified atom stereocenters. The molecule has 2 aromatic rings. The molecule has 0 radical (unpaired) electrons. The van der Waals surface area contributed by atoms with E-state index in [0.717, 1.165) is 67.7 Å². The SMILES string of the molecule is CCc1oc2ccccc2c1/C=C/C(=O)N1CCN(CC(=O)N2CCCC2)CC1. The minimum absolute atomic E-state index is 0.0165. The Bertz CT molecular complexity index is 903. The Hall–Kier alpha value is -2.60. The van der Waals surface area contributed by atoms with E-state index in [9.17, 15) is 9.59 Å². The molecular formula is C23H29N3O3. The third-order valence-electron chi connectivity index (χ3n) is 5.93. The van der Waals surface area contributed by atoms with Crippen molar-refractivity contribution in [1.82, 2.24) is 14.7 Å². The summed E-state index contributed by atoms with van der Waals surface area (Å²) in [7, 11) is 0. The summed E-state index contributed by atoms with van der Waals surface area (Å²) in [5.74, 6) is 1.14. The summed E-state index contributed by atoms with van der Waals surface area (Å²) in [4.78, 5) is 31.0. The zero-order valence-electron chi connectivity index (χ0n) is 17.1. The molecule has 4 rings (SSSR count). The number of aryl methyl sites for hydroxylation is 1. The normalized spacial score (nSPS) is 18.2. The fourth-order valence-corrected chi connectivity index (χ4v) is 4.21. The van der Waals surface area contributed by atoms with Crippen LogP contribution < -0.4 is 0 Å². The molecule has 29 heavy (non-hydrogen) atoms. The third kappa shape index (κ3) is 4.37. The van der Waals surface area contributed by atoms with E-state index in [0.29, 0.717) is 19.6 Å². The van der Waals surface area contributed by atoms with Crippen molar-refractivity contribution in [2.75, 3.05) is 45.8 Å². The number of amides is 2. The van der Waals surface area contributed by atoms with Crippen LogP contribution in [-0.4, -0.2) is 72.3 Å². The molecule has 2 aliphatic rings. The summed E-state index contributed by atoms with van der Waals surface area (Å²) in [5.41, 5.74) is 1.85. The minimum Gasteiger partial charge on any atom is -0.460 e. The molecule has 0 saturated carbocycles. The van der Waals surface area contributed by atoms with Gasteiger partial charge in [-0.15, -0.1) is 0 Å². The van der Waals surface area contributed by atoms with E-state index in [-0.39, 0.29) is 11.8 Å². The van der Waals surface area contributed by atoms with Gasteiger partial charge in [-0.05, 0) is 25.0 Å². The average Bonchev–Trinajstić information content (AvgIpc) is 3.40. The molecule has 1 aromatic heterocycles. The number of benzene rings is 1. The molecule has 0 atom stereocenters. The molecule has 6 heteroatoms. The highest BCUT2D eigenvalue weighted by atomic mass is 16.3. The van der Waals surface area contributed by atoms with Crippen molar-refractivity contribution in [3.8, 4) is 0 Å². The van der Waals surface area contributed by atoms with E-state index in [1.54, 1.807) is 6.08 Å². The largest absolute Gasteiger partial charge is 0.460 e. The topological polar surface area (TPSA) is 57.0 Å². The van der Waals surface area contributed by atoms with Gasteiger partial charge in [-0.1, -0.05) is 25.1 Å². The summed E-state index contributed by atoms with van der Waals surface area (Å²) < 4.78 is 5.90. The van der Waals surface area contributed by atoms with Gasteiger partial charge in [-0.3, -0.25) is 14.5 Å². The van der Waals surface area contributed by atoms with Crippen molar-refractivity contribution < 1.29 is 14.0 Å². The van der Waals surface area contributed by atoms with Crippen LogP contribution in [0.5, 0.6) is 0 Å². The highest BCUT2D eigenvalue weighted by Gasteiger charge is 2.24. The van der Waals surface area contributed by atoms with E-state index in [1.807, 2.05) is 40.1 Å². The molecule has 2 aliphatic heterocycles. The highest BCUT2D eigenvalue weighted by Crippen LogP contribution is 2.27. The molecule has 0 aliphatic carbocycles. The Balaban J connectivity index is 1.34. The highest BCUT2D eigenvalue weighted by molar-refractivity contribution is 5.96. The Kier molecular flexibility index (Phi) is 6.00. The van der Waals surface area contributed by atoms with Crippen molar-refractivity contribution in [1.29, 1.82) is 0 Å². The van der Waals surface area contributed by atoms with Crippen LogP contribution in [-0.2, 0) is 16.0 Å². The molecule has 0 spiro atoms. The molecular weight excluding hydrogens is 366 g/mol. The van der Waals surface area contributed by atoms with Gasteiger partial charge < -0.3 is 14.2 Å². The number of nitrogens with zero attached hydrogens (tertiary/aromatic N) is 3. The maximum absolute atomic E-state index is 12.7. The number of hydrogen-bond donors (Lipinski definition) is 0. The Morgan fingerprint density at radius 3 is 2.45 bits per heavy atom. The second kappa shape index (κ2) is 8.82. The molecule has 1 aromatic carbocycles. The van der Waals surface area contributed by atoms with E-state index < -0.39 is 0 Å². The molecule has 3 heterocycles. The van der Waals surface area contributed by atoms with Crippen molar-refractivity contribution in [2.24, 2.45) is 0 Å². The van der Waals surface area contributed by atoms with Gasteiger partial charge in [0, 0.05) is 62.7 Å². The second-order valence-corrected chi connectivity index (χ2v) is 7.81. The van der Waals surface area contributed by atoms with E-state index in [1.165, 1.54) is 0 Å². The van der Waals surface area contributed by atoms with Crippen LogP contribution in [0, 0.1) is 0 Å². The number of carbonyl (C=O) groups is 2. The van der Waals surface area contributed by atoms with Crippen LogP contribution in [0.4, 0.5) is 0 Å². The standard InChI is InChI=1S/C23H29N3O3/c1-2-20-19(18-7-3-4-8-21(18)29-20)9-10-22(27)26-15-13-24(14-16-26)17-23(28)25-11-5-6-12-25/h3-4,7-10H,2,5-6,11-17H2,1H3/b10-9+. The number of fused-ring (bicyclic) bond motifs is 1. The molecule has 0 bridgehead atoms. The van der Waals surface area contributed by atoms with Crippen LogP contribution in [0.2, 0.25) is 0 Å². The number of carbonyl (C=O) groups excluding carboxylic acids is 2. The molecule has 154 valence electrons. The summed E-state index contributed by atoms with van der Waals surface area (Å²) in [6.45, 7) is 7.11. The summed E-state index contributed by atoms with van der Waals surface area (Å²) >= 11 is 0. The van der Waals surface area contributed by atoms with Crippen molar-refractivity contribution in [2.45, 2.75) is 26.2 Å². The van der Waals surface area contributed by atoms with Gasteiger partial charge >= 0.3 is 0 Å². The van der Waals surface area contributed by atoms with Gasteiger partial charge in [0.25, 0.3) is 0 Å². The van der Waals surface area contributed by atoms with Gasteiger partial charge in [0.1, 0.15) is 11.3 Å². The maximum Gasteiger partial charge on any atom is 0.246 e. The zero-order valence-corrected chi connectivity index (χ0v) is 17.1. The number of piperazine rings is 1. The lowest BCUT2D eigenvalue weighted by Crippen LogP contribution is -2.51. The zero-order chi connectivity index (χ0) is 20.2. The number of hydrogen-bond acceptors (Lipinski definition) is 4. The van der Waals surface area contributed by atoms with E-state index in [4.69, 9.17) is 4.42 Å². The van der Waals surface area contributed by atoms with Crippen LogP contribution >= 0.6 is 0 Å². The molecule has 6 nitrogen and oxygen atoms in total. The monoisotopic (exact) mass is 395 g/mol. The lowest BCUT2D eigenvalue weighted by Gasteiger charge is -2.34. The number of likely N-dealkylation sites (tertiary alicyclic amines) is 1. The van der Waals surface area contributed by atoms with Gasteiger partial charge in [0.05, 0.1) is 6.54 Å². The smallest absolute Gasteiger partial charge is 0.246 e. The van der Waals surface area contributed by atoms with Gasteiger partial charge in [-0.25, -0.2) is 0 Å². The van der Waals surface area contributed by atoms with Crippen molar-refractivity contribution in [3.05, 3.63) is 41.7 Å². The number of para-hydroxylation sites is 1. The lowest BCUT2D eigenvalue weighted by atomic mass is 10.1. The van der Waals surface area contributed by atoms with Crippen LogP contribution in [0.1, 0.15) is 31.1 Å². The van der Waals surface area contributed by atoms with Crippen molar-refractivity contribution in [3.63, 3.8) is 0 Å². The first-order valence-corrected chi connectivity index (χ1v) is 10.6. The number of furan rings is 1. The quantitative estimate of drug-likeness (QED) is 0.731. The first-order chi connectivity index (χ1) is 14.2. The van der Waals surface area contributed by atoms with Crippen LogP contribution in [0.3, 0.4) is 0 Å². The van der Waals surface area contributed by atoms with Crippen LogP contribution in [0.25, 0.3) is 17.0 Å². The summed E-state index contributed by atoms with van der Waals surface area (Å²) in [5, 5.41) is 1.04. The second-order valence-electron chi connectivity index (χ2n) is 7.81. The maximum atomic E-state index is 12.7. The molecule has 2 amide bonds. The first-order valence-electron chi connectivity index (χ1n) is 10.6.